The Morgan fingerprint density at radius 1 is 1.60 bits per heavy atom. The first-order valence-electron chi connectivity index (χ1n) is 3.70. The highest BCUT2D eigenvalue weighted by Gasteiger charge is 2.22. The fraction of sp³-hybridized carbons (Fsp3) is 0.857. The average molecular weight is 142 g/mol. The minimum absolute atomic E-state index is 0.0590. The molecule has 1 amide bonds. The molecule has 0 spiro atoms. The lowest BCUT2D eigenvalue weighted by atomic mass is 9.91. The first-order valence-corrected chi connectivity index (χ1v) is 3.70. The number of nitrogens with one attached hydrogen (secondary N) is 1. The van der Waals surface area contributed by atoms with Gasteiger partial charge in [0, 0.05) is 6.54 Å². The third-order valence-corrected chi connectivity index (χ3v) is 1.97. The van der Waals surface area contributed by atoms with Gasteiger partial charge in [-0.1, -0.05) is 6.92 Å². The van der Waals surface area contributed by atoms with Gasteiger partial charge in [-0.25, -0.2) is 0 Å². The molecule has 1 saturated heterocycles. The molecule has 0 saturated carbocycles. The van der Waals surface area contributed by atoms with Gasteiger partial charge in [-0.3, -0.25) is 4.79 Å². The zero-order valence-corrected chi connectivity index (χ0v) is 6.26. The second-order valence-electron chi connectivity index (χ2n) is 3.10. The molecule has 1 aliphatic rings. The van der Waals surface area contributed by atoms with E-state index in [9.17, 15) is 4.79 Å². The second kappa shape index (κ2) is 3.01. The van der Waals surface area contributed by atoms with Crippen LogP contribution in [0.15, 0.2) is 0 Å². The molecule has 10 heavy (non-hydrogen) atoms. The molecular weight excluding hydrogens is 128 g/mol. The Hall–Kier alpha value is -0.570. The van der Waals surface area contributed by atoms with Gasteiger partial charge in [0.2, 0.25) is 5.91 Å². The third-order valence-electron chi connectivity index (χ3n) is 1.97. The van der Waals surface area contributed by atoms with E-state index >= 15 is 0 Å². The van der Waals surface area contributed by atoms with E-state index in [1.54, 1.807) is 0 Å². The van der Waals surface area contributed by atoms with E-state index in [1.165, 1.54) is 0 Å². The zero-order valence-electron chi connectivity index (χ0n) is 6.26. The quantitative estimate of drug-likeness (QED) is 0.529. The summed E-state index contributed by atoms with van der Waals surface area (Å²) in [6, 6.07) is 0. The summed E-state index contributed by atoms with van der Waals surface area (Å²) in [6.45, 7) is 3.91. The highest BCUT2D eigenvalue weighted by Crippen LogP contribution is 2.14. The Kier molecular flexibility index (Phi) is 2.27. The summed E-state index contributed by atoms with van der Waals surface area (Å²) >= 11 is 0. The topological polar surface area (TPSA) is 55.1 Å². The summed E-state index contributed by atoms with van der Waals surface area (Å²) in [4.78, 5) is 10.7. The van der Waals surface area contributed by atoms with Crippen LogP contribution in [0.5, 0.6) is 0 Å². The van der Waals surface area contributed by atoms with Crippen molar-refractivity contribution >= 4 is 5.91 Å². The predicted octanol–water partition coefficient (Wildman–Crippen LogP) is -0.283. The summed E-state index contributed by atoms with van der Waals surface area (Å²) in [7, 11) is 0. The van der Waals surface area contributed by atoms with Gasteiger partial charge in [0.05, 0.1) is 5.92 Å². The van der Waals surface area contributed by atoms with Gasteiger partial charge in [-0.2, -0.15) is 0 Å². The Morgan fingerprint density at radius 3 is 2.70 bits per heavy atom. The Bertz CT molecular complexity index is 136. The first kappa shape index (κ1) is 7.54. The maximum atomic E-state index is 10.7. The number of primary amides is 1. The normalized spacial score (nSPS) is 33.7. The predicted molar refractivity (Wildman–Crippen MR) is 39.3 cm³/mol. The number of piperidine rings is 1. The van der Waals surface area contributed by atoms with E-state index in [4.69, 9.17) is 5.73 Å². The van der Waals surface area contributed by atoms with Gasteiger partial charge in [-0.05, 0) is 18.9 Å². The monoisotopic (exact) mass is 142 g/mol. The van der Waals surface area contributed by atoms with Crippen molar-refractivity contribution in [2.75, 3.05) is 13.1 Å². The lowest BCUT2D eigenvalue weighted by Gasteiger charge is -2.25. The van der Waals surface area contributed by atoms with E-state index in [1.807, 2.05) is 0 Å². The number of hydrogen-bond donors (Lipinski definition) is 2. The van der Waals surface area contributed by atoms with Crippen molar-refractivity contribution in [3.05, 3.63) is 0 Å². The van der Waals surface area contributed by atoms with E-state index in [0.29, 0.717) is 5.92 Å². The van der Waals surface area contributed by atoms with E-state index in [-0.39, 0.29) is 11.8 Å². The molecule has 0 unspecified atom stereocenters. The fourth-order valence-corrected chi connectivity index (χ4v) is 1.37. The lowest BCUT2D eigenvalue weighted by molar-refractivity contribution is -0.122. The largest absolute Gasteiger partial charge is 0.369 e. The summed E-state index contributed by atoms with van der Waals surface area (Å²) < 4.78 is 0. The van der Waals surface area contributed by atoms with Crippen molar-refractivity contribution in [3.8, 4) is 0 Å². The zero-order chi connectivity index (χ0) is 7.56. The van der Waals surface area contributed by atoms with E-state index in [2.05, 4.69) is 12.2 Å². The molecule has 1 rings (SSSR count). The van der Waals surface area contributed by atoms with Crippen LogP contribution < -0.4 is 11.1 Å². The molecule has 1 aliphatic heterocycles. The Balaban J connectivity index is 2.39. The van der Waals surface area contributed by atoms with Crippen molar-refractivity contribution in [2.24, 2.45) is 17.6 Å². The molecule has 3 N–H and O–H groups in total. The third kappa shape index (κ3) is 1.70. The molecular formula is C7H14N2O. The van der Waals surface area contributed by atoms with Crippen LogP contribution in [-0.4, -0.2) is 19.0 Å². The summed E-state index contributed by atoms with van der Waals surface area (Å²) in [5, 5.41) is 3.17. The number of carbonyl (C=O) groups is 1. The van der Waals surface area contributed by atoms with Crippen LogP contribution in [0, 0.1) is 11.8 Å². The molecule has 0 aromatic carbocycles. The molecule has 0 bridgehead atoms. The van der Waals surface area contributed by atoms with Gasteiger partial charge in [0.1, 0.15) is 0 Å². The molecule has 0 aliphatic carbocycles. The average Bonchev–Trinajstić information content (AvgIpc) is 1.88. The van der Waals surface area contributed by atoms with Crippen molar-refractivity contribution in [1.82, 2.24) is 5.32 Å². The standard InChI is InChI=1S/C7H14N2O/c1-5-2-6(7(8)10)4-9-3-5/h5-6,9H,2-4H2,1H3,(H2,8,10)/t5-,6+/m0/s1. The van der Waals surface area contributed by atoms with Gasteiger partial charge in [0.15, 0.2) is 0 Å². The second-order valence-corrected chi connectivity index (χ2v) is 3.10. The summed E-state index contributed by atoms with van der Waals surface area (Å²) in [5.74, 6) is 0.481. The number of nitrogens with two attached hydrogens (primary N) is 1. The number of rotatable bonds is 1. The lowest BCUT2D eigenvalue weighted by Crippen LogP contribution is -2.41. The molecule has 0 radical (unpaired) electrons. The van der Waals surface area contributed by atoms with Gasteiger partial charge >= 0.3 is 0 Å². The summed E-state index contributed by atoms with van der Waals surface area (Å²) in [5.41, 5.74) is 5.15. The van der Waals surface area contributed by atoms with Gasteiger partial charge < -0.3 is 11.1 Å². The van der Waals surface area contributed by atoms with Crippen molar-refractivity contribution in [3.63, 3.8) is 0 Å². The molecule has 1 fully saturated rings. The van der Waals surface area contributed by atoms with Gasteiger partial charge in [0.25, 0.3) is 0 Å². The Labute approximate surface area is 61.0 Å². The van der Waals surface area contributed by atoms with Crippen LogP contribution in [0.1, 0.15) is 13.3 Å². The summed E-state index contributed by atoms with van der Waals surface area (Å²) in [6.07, 6.45) is 0.947. The van der Waals surface area contributed by atoms with Gasteiger partial charge in [-0.15, -0.1) is 0 Å². The van der Waals surface area contributed by atoms with Crippen LogP contribution in [0.25, 0.3) is 0 Å². The van der Waals surface area contributed by atoms with Crippen molar-refractivity contribution in [2.45, 2.75) is 13.3 Å². The molecule has 58 valence electrons. The smallest absolute Gasteiger partial charge is 0.221 e. The Morgan fingerprint density at radius 2 is 2.30 bits per heavy atom. The molecule has 1 heterocycles. The highest BCUT2D eigenvalue weighted by atomic mass is 16.1. The van der Waals surface area contributed by atoms with Crippen LogP contribution in [0.2, 0.25) is 0 Å². The minimum Gasteiger partial charge on any atom is -0.369 e. The van der Waals surface area contributed by atoms with Crippen LogP contribution in [0.4, 0.5) is 0 Å². The minimum atomic E-state index is -0.168. The van der Waals surface area contributed by atoms with Crippen LogP contribution in [-0.2, 0) is 4.79 Å². The molecule has 2 atom stereocenters. The molecule has 0 aromatic heterocycles. The maximum absolute atomic E-state index is 10.7. The highest BCUT2D eigenvalue weighted by molar-refractivity contribution is 5.76. The first-order chi connectivity index (χ1) is 4.70. The molecule has 3 nitrogen and oxygen atoms in total. The maximum Gasteiger partial charge on any atom is 0.221 e. The van der Waals surface area contributed by atoms with Crippen molar-refractivity contribution < 1.29 is 4.79 Å². The number of carbonyl (C=O) groups excluding carboxylic acids is 1. The van der Waals surface area contributed by atoms with Crippen LogP contribution in [0.3, 0.4) is 0 Å². The number of hydrogen-bond acceptors (Lipinski definition) is 2. The SMILES string of the molecule is C[C@@H]1CNC[C@H](C(N)=O)C1. The van der Waals surface area contributed by atoms with Crippen molar-refractivity contribution in [1.29, 1.82) is 0 Å². The molecule has 3 heteroatoms. The molecule has 0 aromatic rings. The van der Waals surface area contributed by atoms with E-state index < -0.39 is 0 Å². The van der Waals surface area contributed by atoms with E-state index in [0.717, 1.165) is 19.5 Å². The fourth-order valence-electron chi connectivity index (χ4n) is 1.37. The van der Waals surface area contributed by atoms with Crippen LogP contribution >= 0.6 is 0 Å². The number of amides is 1.